The van der Waals surface area contributed by atoms with Crippen LogP contribution in [-0.4, -0.2) is 5.84 Å². The van der Waals surface area contributed by atoms with E-state index < -0.39 is 29.0 Å². The Morgan fingerprint density at radius 3 is 2.15 bits per heavy atom. The molecule has 0 atom stereocenters. The van der Waals surface area contributed by atoms with Crippen molar-refractivity contribution in [2.75, 3.05) is 0 Å². The molecule has 0 aromatic heterocycles. The molecule has 2 rings (SSSR count). The van der Waals surface area contributed by atoms with Gasteiger partial charge in [-0.15, -0.1) is 0 Å². The summed E-state index contributed by atoms with van der Waals surface area (Å²) < 4.78 is 45.4. The third-order valence-electron chi connectivity index (χ3n) is 2.42. The Morgan fingerprint density at radius 2 is 1.65 bits per heavy atom. The summed E-state index contributed by atoms with van der Waals surface area (Å²) >= 11 is 5.54. The minimum absolute atomic E-state index is 0.0234. The lowest BCUT2D eigenvalue weighted by Crippen LogP contribution is -2.12. The summed E-state index contributed by atoms with van der Waals surface area (Å²) in [5.41, 5.74) is 5.03. The van der Waals surface area contributed by atoms with Crippen LogP contribution in [0, 0.1) is 22.9 Å². The fraction of sp³-hybridized carbons (Fsp3) is 0. The number of ether oxygens (including phenoxy) is 1. The van der Waals surface area contributed by atoms with E-state index in [0.29, 0.717) is 0 Å². The van der Waals surface area contributed by atoms with Crippen LogP contribution < -0.4 is 10.5 Å². The number of halogens is 4. The highest BCUT2D eigenvalue weighted by Crippen LogP contribution is 2.30. The first kappa shape index (κ1) is 14.2. The number of hydrogen-bond donors (Lipinski definition) is 2. The molecule has 0 bridgehead atoms. The van der Waals surface area contributed by atoms with E-state index in [1.54, 1.807) is 0 Å². The van der Waals surface area contributed by atoms with Crippen molar-refractivity contribution < 1.29 is 17.9 Å². The van der Waals surface area contributed by atoms with E-state index in [0.717, 1.165) is 24.3 Å². The lowest BCUT2D eigenvalue weighted by atomic mass is 10.2. The lowest BCUT2D eigenvalue weighted by Gasteiger charge is -2.10. The molecular weight excluding hydrogens is 293 g/mol. The summed E-state index contributed by atoms with van der Waals surface area (Å²) in [7, 11) is 0. The molecular formula is C13H8ClF3N2O. The minimum Gasteiger partial charge on any atom is -0.451 e. The number of benzene rings is 2. The van der Waals surface area contributed by atoms with Crippen LogP contribution in [0.15, 0.2) is 30.3 Å². The molecule has 0 unspecified atom stereocenters. The van der Waals surface area contributed by atoms with E-state index in [-0.39, 0.29) is 16.3 Å². The van der Waals surface area contributed by atoms with Gasteiger partial charge in [-0.3, -0.25) is 5.41 Å². The van der Waals surface area contributed by atoms with Crippen molar-refractivity contribution in [3.63, 3.8) is 0 Å². The van der Waals surface area contributed by atoms with E-state index in [1.165, 1.54) is 6.07 Å². The maximum Gasteiger partial charge on any atom is 0.198 e. The zero-order chi connectivity index (χ0) is 14.9. The van der Waals surface area contributed by atoms with Crippen molar-refractivity contribution in [1.29, 1.82) is 5.41 Å². The van der Waals surface area contributed by atoms with Crippen molar-refractivity contribution in [1.82, 2.24) is 0 Å². The second-order valence-electron chi connectivity index (χ2n) is 3.86. The van der Waals surface area contributed by atoms with Crippen LogP contribution in [0.2, 0.25) is 5.02 Å². The van der Waals surface area contributed by atoms with Crippen molar-refractivity contribution in [2.24, 2.45) is 5.73 Å². The molecule has 0 heterocycles. The van der Waals surface area contributed by atoms with Crippen LogP contribution in [0.5, 0.6) is 11.5 Å². The molecule has 104 valence electrons. The first-order valence-electron chi connectivity index (χ1n) is 5.35. The van der Waals surface area contributed by atoms with Crippen LogP contribution in [0.4, 0.5) is 13.2 Å². The number of rotatable bonds is 3. The van der Waals surface area contributed by atoms with Crippen LogP contribution in [0.25, 0.3) is 0 Å². The van der Waals surface area contributed by atoms with Gasteiger partial charge in [0.2, 0.25) is 0 Å². The second kappa shape index (κ2) is 5.42. The molecule has 0 saturated carbocycles. The smallest absolute Gasteiger partial charge is 0.198 e. The largest absolute Gasteiger partial charge is 0.451 e. The Bertz CT molecular complexity index is 668. The first-order chi connectivity index (χ1) is 9.38. The van der Waals surface area contributed by atoms with Gasteiger partial charge >= 0.3 is 0 Å². The number of nitrogen functional groups attached to an aromatic ring is 1. The van der Waals surface area contributed by atoms with E-state index in [9.17, 15) is 13.2 Å². The predicted molar refractivity (Wildman–Crippen MR) is 68.9 cm³/mol. The van der Waals surface area contributed by atoms with E-state index in [2.05, 4.69) is 0 Å². The highest BCUT2D eigenvalue weighted by molar-refractivity contribution is 6.30. The van der Waals surface area contributed by atoms with Gasteiger partial charge in [0.25, 0.3) is 0 Å². The number of nitrogens with one attached hydrogen (secondary N) is 1. The van der Waals surface area contributed by atoms with Crippen LogP contribution in [0.3, 0.4) is 0 Å². The van der Waals surface area contributed by atoms with Crippen LogP contribution in [0.1, 0.15) is 5.56 Å². The normalized spacial score (nSPS) is 10.4. The summed E-state index contributed by atoms with van der Waals surface area (Å²) in [6.07, 6.45) is 0. The molecule has 0 aliphatic rings. The summed E-state index contributed by atoms with van der Waals surface area (Å²) in [6, 6.07) is 5.02. The van der Waals surface area contributed by atoms with Crippen molar-refractivity contribution in [3.8, 4) is 11.5 Å². The SMILES string of the molecule is N=C(N)c1cc(F)c(Oc2ccc(F)c(Cl)c2)c(F)c1. The van der Waals surface area contributed by atoms with Gasteiger partial charge in [0.15, 0.2) is 17.4 Å². The number of nitrogens with two attached hydrogens (primary N) is 1. The summed E-state index contributed by atoms with van der Waals surface area (Å²) in [6.45, 7) is 0. The number of amidine groups is 1. The molecule has 20 heavy (non-hydrogen) atoms. The van der Waals surface area contributed by atoms with Crippen molar-refractivity contribution >= 4 is 17.4 Å². The molecule has 0 spiro atoms. The Balaban J connectivity index is 2.38. The fourth-order valence-corrected chi connectivity index (χ4v) is 1.64. The molecule has 0 aliphatic heterocycles. The van der Waals surface area contributed by atoms with Crippen LogP contribution >= 0.6 is 11.6 Å². The zero-order valence-electron chi connectivity index (χ0n) is 9.88. The monoisotopic (exact) mass is 300 g/mol. The predicted octanol–water partition coefficient (Wildman–Crippen LogP) is 3.83. The Hall–Kier alpha value is -2.21. The molecule has 0 amide bonds. The lowest BCUT2D eigenvalue weighted by molar-refractivity contribution is 0.406. The molecule has 0 aliphatic carbocycles. The van der Waals surface area contributed by atoms with Gasteiger partial charge in [-0.2, -0.15) is 0 Å². The molecule has 0 fully saturated rings. The third-order valence-corrected chi connectivity index (χ3v) is 2.71. The maximum atomic E-state index is 13.7. The van der Waals surface area contributed by atoms with Gasteiger partial charge in [-0.1, -0.05) is 11.6 Å². The third kappa shape index (κ3) is 2.85. The first-order valence-corrected chi connectivity index (χ1v) is 5.72. The van der Waals surface area contributed by atoms with Gasteiger partial charge in [0, 0.05) is 11.6 Å². The van der Waals surface area contributed by atoms with Crippen molar-refractivity contribution in [2.45, 2.75) is 0 Å². The van der Waals surface area contributed by atoms with E-state index >= 15 is 0 Å². The van der Waals surface area contributed by atoms with Gasteiger partial charge < -0.3 is 10.5 Å². The molecule has 0 saturated heterocycles. The minimum atomic E-state index is -1.03. The average Bonchev–Trinajstić information content (AvgIpc) is 2.37. The van der Waals surface area contributed by atoms with E-state index in [1.807, 2.05) is 0 Å². The highest BCUT2D eigenvalue weighted by atomic mass is 35.5. The number of hydrogen-bond acceptors (Lipinski definition) is 2. The Kier molecular flexibility index (Phi) is 3.85. The van der Waals surface area contributed by atoms with Crippen molar-refractivity contribution in [3.05, 3.63) is 58.4 Å². The molecule has 2 aromatic carbocycles. The molecule has 3 nitrogen and oxygen atoms in total. The van der Waals surface area contributed by atoms with Crippen LogP contribution in [-0.2, 0) is 0 Å². The Labute approximate surface area is 117 Å². The van der Waals surface area contributed by atoms with Gasteiger partial charge in [0.1, 0.15) is 17.4 Å². The maximum absolute atomic E-state index is 13.7. The molecule has 2 aromatic rings. The average molecular weight is 301 g/mol. The highest BCUT2D eigenvalue weighted by Gasteiger charge is 2.15. The van der Waals surface area contributed by atoms with Gasteiger partial charge in [-0.05, 0) is 24.3 Å². The zero-order valence-corrected chi connectivity index (χ0v) is 10.6. The van der Waals surface area contributed by atoms with Gasteiger partial charge in [-0.25, -0.2) is 13.2 Å². The fourth-order valence-electron chi connectivity index (χ4n) is 1.47. The quantitative estimate of drug-likeness (QED) is 0.668. The molecule has 7 heteroatoms. The molecule has 3 N–H and O–H groups in total. The Morgan fingerprint density at radius 1 is 1.05 bits per heavy atom. The van der Waals surface area contributed by atoms with Gasteiger partial charge in [0.05, 0.1) is 5.02 Å². The summed E-state index contributed by atoms with van der Waals surface area (Å²) in [5, 5.41) is 6.88. The van der Waals surface area contributed by atoms with E-state index in [4.69, 9.17) is 27.5 Å². The topological polar surface area (TPSA) is 59.1 Å². The second-order valence-corrected chi connectivity index (χ2v) is 4.27. The summed E-state index contributed by atoms with van der Waals surface area (Å²) in [4.78, 5) is 0. The summed E-state index contributed by atoms with van der Waals surface area (Å²) in [5.74, 6) is -3.92. The standard InChI is InChI=1S/C13H8ClF3N2O/c14-8-5-7(1-2-9(8)15)20-12-10(16)3-6(13(18)19)4-11(12)17/h1-5H,(H3,18,19). The molecule has 0 radical (unpaired) electrons.